The molecule has 0 amide bonds. The van der Waals surface area contributed by atoms with E-state index >= 15 is 0 Å². The molecule has 2 N–H and O–H groups in total. The Labute approximate surface area is 134 Å². The van der Waals surface area contributed by atoms with Crippen molar-refractivity contribution < 1.29 is 14.9 Å². The molecule has 3 aromatic carbocycles. The summed E-state index contributed by atoms with van der Waals surface area (Å²) in [6, 6.07) is 15.3. The van der Waals surface area contributed by atoms with Crippen molar-refractivity contribution in [3.05, 3.63) is 59.7 Å². The highest BCUT2D eigenvalue weighted by Gasteiger charge is 2.41. The van der Waals surface area contributed by atoms with Crippen molar-refractivity contribution in [1.29, 1.82) is 0 Å². The summed E-state index contributed by atoms with van der Waals surface area (Å²) in [5, 5.41) is 23.4. The van der Waals surface area contributed by atoms with Gasteiger partial charge < -0.3 is 14.9 Å². The average Bonchev–Trinajstić information content (AvgIpc) is 2.85. The van der Waals surface area contributed by atoms with Gasteiger partial charge >= 0.3 is 0 Å². The molecule has 0 saturated heterocycles. The van der Waals surface area contributed by atoms with Crippen LogP contribution in [0.3, 0.4) is 0 Å². The SMILES string of the molecule is CCC1(O)c2ccccc2-c2c1cc(O)c1cc(OC)ccc21. The molecule has 23 heavy (non-hydrogen) atoms. The van der Waals surface area contributed by atoms with Crippen LogP contribution in [0.5, 0.6) is 11.5 Å². The van der Waals surface area contributed by atoms with Gasteiger partial charge in [0.1, 0.15) is 17.1 Å². The first-order chi connectivity index (χ1) is 11.1. The Kier molecular flexibility index (Phi) is 2.90. The molecule has 0 heterocycles. The predicted octanol–water partition coefficient (Wildman–Crippen LogP) is 4.18. The summed E-state index contributed by atoms with van der Waals surface area (Å²) in [6.45, 7) is 1.96. The maximum absolute atomic E-state index is 11.3. The van der Waals surface area contributed by atoms with E-state index in [-0.39, 0.29) is 5.75 Å². The minimum atomic E-state index is -1.06. The third-order valence-electron chi connectivity index (χ3n) is 4.92. The summed E-state index contributed by atoms with van der Waals surface area (Å²) in [4.78, 5) is 0. The number of methoxy groups -OCH3 is 1. The summed E-state index contributed by atoms with van der Waals surface area (Å²) < 4.78 is 5.27. The van der Waals surface area contributed by atoms with Gasteiger partial charge in [0.25, 0.3) is 0 Å². The molecular formula is C20H18O3. The first-order valence-electron chi connectivity index (χ1n) is 7.76. The van der Waals surface area contributed by atoms with Crippen LogP contribution in [0.25, 0.3) is 21.9 Å². The largest absolute Gasteiger partial charge is 0.507 e. The van der Waals surface area contributed by atoms with E-state index in [1.807, 2.05) is 49.4 Å². The summed E-state index contributed by atoms with van der Waals surface area (Å²) >= 11 is 0. The summed E-state index contributed by atoms with van der Waals surface area (Å²) in [5.41, 5.74) is 2.65. The zero-order valence-electron chi connectivity index (χ0n) is 13.1. The molecule has 0 fully saturated rings. The van der Waals surface area contributed by atoms with Gasteiger partial charge in [0, 0.05) is 10.9 Å². The zero-order chi connectivity index (χ0) is 16.2. The van der Waals surface area contributed by atoms with E-state index < -0.39 is 5.60 Å². The van der Waals surface area contributed by atoms with E-state index in [0.717, 1.165) is 33.0 Å². The number of rotatable bonds is 2. The minimum absolute atomic E-state index is 0.164. The second-order valence-electron chi connectivity index (χ2n) is 5.99. The van der Waals surface area contributed by atoms with Crippen LogP contribution >= 0.6 is 0 Å². The number of aliphatic hydroxyl groups is 1. The Morgan fingerprint density at radius 3 is 2.52 bits per heavy atom. The molecule has 3 nitrogen and oxygen atoms in total. The Balaban J connectivity index is 2.16. The molecule has 3 heteroatoms. The van der Waals surface area contributed by atoms with Crippen LogP contribution < -0.4 is 4.74 Å². The number of ether oxygens (including phenoxy) is 1. The van der Waals surface area contributed by atoms with Crippen LogP contribution in [0.2, 0.25) is 0 Å². The highest BCUT2D eigenvalue weighted by Crippen LogP contribution is 2.53. The number of aromatic hydroxyl groups is 1. The standard InChI is InChI=1S/C20H18O3/c1-3-20(22)16-7-5-4-6-14(16)19-13-9-8-12(23-2)10-15(13)18(21)11-17(19)20/h4-11,21-22H,3H2,1-2H3. The van der Waals surface area contributed by atoms with Gasteiger partial charge in [-0.25, -0.2) is 0 Å². The Morgan fingerprint density at radius 1 is 1.00 bits per heavy atom. The minimum Gasteiger partial charge on any atom is -0.507 e. The fourth-order valence-electron chi connectivity index (χ4n) is 3.72. The second kappa shape index (κ2) is 4.74. The maximum atomic E-state index is 11.3. The zero-order valence-corrected chi connectivity index (χ0v) is 13.1. The van der Waals surface area contributed by atoms with Crippen LogP contribution in [-0.2, 0) is 5.60 Å². The van der Waals surface area contributed by atoms with Crippen LogP contribution in [0.15, 0.2) is 48.5 Å². The highest BCUT2D eigenvalue weighted by atomic mass is 16.5. The van der Waals surface area contributed by atoms with Crippen LogP contribution in [0.4, 0.5) is 0 Å². The van der Waals surface area contributed by atoms with Crippen LogP contribution in [0.1, 0.15) is 24.5 Å². The third-order valence-corrected chi connectivity index (χ3v) is 4.92. The number of fused-ring (bicyclic) bond motifs is 5. The lowest BCUT2D eigenvalue weighted by molar-refractivity contribution is 0.0812. The van der Waals surface area contributed by atoms with Gasteiger partial charge in [-0.05, 0) is 52.8 Å². The molecule has 0 spiro atoms. The van der Waals surface area contributed by atoms with Crippen molar-refractivity contribution in [1.82, 2.24) is 0 Å². The number of benzene rings is 3. The van der Waals surface area contributed by atoms with Gasteiger partial charge in [-0.15, -0.1) is 0 Å². The fourth-order valence-corrected chi connectivity index (χ4v) is 3.72. The number of phenolic OH excluding ortho intramolecular Hbond substituents is 1. The molecular weight excluding hydrogens is 288 g/mol. The Hall–Kier alpha value is -2.52. The normalized spacial score (nSPS) is 18.7. The molecule has 0 radical (unpaired) electrons. The lowest BCUT2D eigenvalue weighted by atomic mass is 9.88. The number of hydrogen-bond acceptors (Lipinski definition) is 3. The molecule has 0 aromatic heterocycles. The average molecular weight is 306 g/mol. The monoisotopic (exact) mass is 306 g/mol. The molecule has 4 rings (SSSR count). The van der Waals surface area contributed by atoms with Gasteiger partial charge in [0.05, 0.1) is 7.11 Å². The second-order valence-corrected chi connectivity index (χ2v) is 5.99. The first-order valence-corrected chi connectivity index (χ1v) is 7.76. The molecule has 1 atom stereocenters. The first kappa shape index (κ1) is 14.1. The predicted molar refractivity (Wildman–Crippen MR) is 90.9 cm³/mol. The van der Waals surface area contributed by atoms with E-state index in [9.17, 15) is 10.2 Å². The number of hydrogen-bond donors (Lipinski definition) is 2. The van der Waals surface area contributed by atoms with Crippen molar-refractivity contribution in [2.75, 3.05) is 7.11 Å². The van der Waals surface area contributed by atoms with E-state index in [2.05, 4.69) is 0 Å². The lowest BCUT2D eigenvalue weighted by Crippen LogP contribution is -2.23. The molecule has 1 unspecified atom stereocenters. The molecule has 116 valence electrons. The van der Waals surface area contributed by atoms with Crippen molar-refractivity contribution in [2.45, 2.75) is 18.9 Å². The quantitative estimate of drug-likeness (QED) is 0.746. The summed E-state index contributed by atoms with van der Waals surface area (Å²) in [7, 11) is 1.61. The Morgan fingerprint density at radius 2 is 1.78 bits per heavy atom. The number of phenols is 1. The lowest BCUT2D eigenvalue weighted by Gasteiger charge is -2.24. The molecule has 1 aliphatic carbocycles. The van der Waals surface area contributed by atoms with E-state index in [4.69, 9.17) is 4.74 Å². The van der Waals surface area contributed by atoms with Crippen molar-refractivity contribution >= 4 is 10.8 Å². The highest BCUT2D eigenvalue weighted by molar-refractivity contribution is 6.05. The van der Waals surface area contributed by atoms with Gasteiger partial charge in [-0.1, -0.05) is 31.2 Å². The Bertz CT molecular complexity index is 930. The van der Waals surface area contributed by atoms with E-state index in [0.29, 0.717) is 12.2 Å². The van der Waals surface area contributed by atoms with Gasteiger partial charge in [0.15, 0.2) is 0 Å². The molecule has 0 aliphatic heterocycles. The van der Waals surface area contributed by atoms with E-state index in [1.54, 1.807) is 13.2 Å². The summed E-state index contributed by atoms with van der Waals surface area (Å²) in [6.07, 6.45) is 0.554. The van der Waals surface area contributed by atoms with Gasteiger partial charge in [-0.3, -0.25) is 0 Å². The van der Waals surface area contributed by atoms with E-state index in [1.165, 1.54) is 0 Å². The van der Waals surface area contributed by atoms with Gasteiger partial charge in [-0.2, -0.15) is 0 Å². The smallest absolute Gasteiger partial charge is 0.123 e. The van der Waals surface area contributed by atoms with Crippen molar-refractivity contribution in [3.8, 4) is 22.6 Å². The van der Waals surface area contributed by atoms with Crippen molar-refractivity contribution in [2.24, 2.45) is 0 Å². The molecule has 3 aromatic rings. The summed E-state index contributed by atoms with van der Waals surface area (Å²) in [5.74, 6) is 0.863. The third kappa shape index (κ3) is 1.74. The molecule has 0 bridgehead atoms. The van der Waals surface area contributed by atoms with Crippen LogP contribution in [0, 0.1) is 0 Å². The van der Waals surface area contributed by atoms with Crippen molar-refractivity contribution in [3.63, 3.8) is 0 Å². The van der Waals surface area contributed by atoms with Gasteiger partial charge in [0.2, 0.25) is 0 Å². The fraction of sp³-hybridized carbons (Fsp3) is 0.200. The maximum Gasteiger partial charge on any atom is 0.123 e. The van der Waals surface area contributed by atoms with Crippen LogP contribution in [-0.4, -0.2) is 17.3 Å². The topological polar surface area (TPSA) is 49.7 Å². The molecule has 1 aliphatic rings. The molecule has 0 saturated carbocycles.